The third-order valence-electron chi connectivity index (χ3n) is 3.70. The Morgan fingerprint density at radius 2 is 1.09 bits per heavy atom. The fourth-order valence-electron chi connectivity index (χ4n) is 2.20. The minimum absolute atomic E-state index is 0.0262. The highest BCUT2D eigenvalue weighted by atomic mass is 17.2. The average Bonchev–Trinajstić information content (AvgIpc) is 2.82. The Bertz CT molecular complexity index is 1010. The van der Waals surface area contributed by atoms with E-state index in [4.69, 9.17) is 9.78 Å². The molecule has 3 aromatic carbocycles. The summed E-state index contributed by atoms with van der Waals surface area (Å²) in [6.07, 6.45) is 0. The van der Waals surface area contributed by atoms with E-state index in [0.29, 0.717) is 11.1 Å². The standard InChI is InChI=1S/C14H10O4.C11H14O4/c15-13(11-7-3-1-4-8-11)17-18-14(16)12-9-5-2-6-10-12;1-11(2,3)15-14-9-7-5-4-6-8(9)10(12)13/h1-10H;4-7H,1-3H3,(H,12,13)/p-1. The number of carbonyl (C=O) groups is 3. The number of hydrogen-bond donors (Lipinski definition) is 0. The van der Waals surface area contributed by atoms with Gasteiger partial charge in [0.15, 0.2) is 5.75 Å². The summed E-state index contributed by atoms with van der Waals surface area (Å²) in [4.78, 5) is 52.5. The fourth-order valence-corrected chi connectivity index (χ4v) is 2.20. The second kappa shape index (κ2) is 12.0. The van der Waals surface area contributed by atoms with E-state index >= 15 is 0 Å². The van der Waals surface area contributed by atoms with Crippen molar-refractivity contribution in [3.8, 4) is 5.75 Å². The van der Waals surface area contributed by atoms with Gasteiger partial charge in [0.2, 0.25) is 0 Å². The molecule has 172 valence electrons. The van der Waals surface area contributed by atoms with E-state index in [1.807, 2.05) is 0 Å². The predicted octanol–water partition coefficient (Wildman–Crippen LogP) is 3.77. The van der Waals surface area contributed by atoms with E-state index in [-0.39, 0.29) is 11.3 Å². The highest BCUT2D eigenvalue weighted by molar-refractivity contribution is 5.92. The number of carbonyl (C=O) groups excluding carboxylic acids is 3. The second-order valence-electron chi connectivity index (χ2n) is 7.54. The van der Waals surface area contributed by atoms with Crippen LogP contribution in [0.1, 0.15) is 51.8 Å². The van der Waals surface area contributed by atoms with Crippen LogP contribution in [0.2, 0.25) is 0 Å². The number of carboxylic acid groups (broad SMARTS) is 1. The first kappa shape index (κ1) is 25.1. The molecular weight excluding hydrogens is 428 g/mol. The van der Waals surface area contributed by atoms with Crippen molar-refractivity contribution in [3.63, 3.8) is 0 Å². The average molecular weight is 451 g/mol. The number of aromatic carboxylic acids is 1. The van der Waals surface area contributed by atoms with Crippen LogP contribution in [0.25, 0.3) is 0 Å². The van der Waals surface area contributed by atoms with Gasteiger partial charge >= 0.3 is 11.9 Å². The molecule has 3 aromatic rings. The number of benzene rings is 3. The predicted molar refractivity (Wildman–Crippen MR) is 116 cm³/mol. The van der Waals surface area contributed by atoms with Crippen LogP contribution in [-0.4, -0.2) is 23.5 Å². The Hall–Kier alpha value is -4.17. The van der Waals surface area contributed by atoms with Crippen molar-refractivity contribution in [2.45, 2.75) is 26.4 Å². The molecule has 0 bridgehead atoms. The maximum absolute atomic E-state index is 11.5. The second-order valence-corrected chi connectivity index (χ2v) is 7.54. The van der Waals surface area contributed by atoms with Crippen LogP contribution in [0.3, 0.4) is 0 Å². The van der Waals surface area contributed by atoms with Crippen LogP contribution >= 0.6 is 0 Å². The van der Waals surface area contributed by atoms with Gasteiger partial charge in [0, 0.05) is 5.56 Å². The van der Waals surface area contributed by atoms with Gasteiger partial charge in [0.05, 0.1) is 17.1 Å². The Kier molecular flexibility index (Phi) is 9.14. The van der Waals surface area contributed by atoms with Gasteiger partial charge in [0.1, 0.15) is 5.60 Å². The zero-order chi connectivity index (χ0) is 24.3. The molecule has 0 aliphatic carbocycles. The van der Waals surface area contributed by atoms with Crippen LogP contribution in [0.4, 0.5) is 0 Å². The molecule has 0 aliphatic rings. The first-order valence-electron chi connectivity index (χ1n) is 9.87. The maximum atomic E-state index is 11.5. The summed E-state index contributed by atoms with van der Waals surface area (Å²) in [5.74, 6) is -2.56. The zero-order valence-corrected chi connectivity index (χ0v) is 18.3. The Labute approximate surface area is 191 Å². The molecule has 0 saturated carbocycles. The molecule has 0 radical (unpaired) electrons. The lowest BCUT2D eigenvalue weighted by Crippen LogP contribution is -2.25. The van der Waals surface area contributed by atoms with Gasteiger partial charge in [0.25, 0.3) is 0 Å². The summed E-state index contributed by atoms with van der Waals surface area (Å²) in [6, 6.07) is 22.7. The van der Waals surface area contributed by atoms with Crippen molar-refractivity contribution in [1.29, 1.82) is 0 Å². The summed E-state index contributed by atoms with van der Waals surface area (Å²) in [5, 5.41) is 10.7. The molecule has 0 N–H and O–H groups in total. The fraction of sp³-hybridized carbons (Fsp3) is 0.160. The summed E-state index contributed by atoms with van der Waals surface area (Å²) < 4.78 is 0. The number of carboxylic acids is 1. The highest BCUT2D eigenvalue weighted by Crippen LogP contribution is 2.19. The van der Waals surface area contributed by atoms with Crippen LogP contribution in [0, 0.1) is 0 Å². The van der Waals surface area contributed by atoms with E-state index in [1.54, 1.807) is 93.6 Å². The molecule has 0 aliphatic heterocycles. The number of para-hydroxylation sites is 1. The number of hydrogen-bond acceptors (Lipinski definition) is 8. The van der Waals surface area contributed by atoms with E-state index in [9.17, 15) is 19.5 Å². The van der Waals surface area contributed by atoms with Crippen molar-refractivity contribution in [3.05, 3.63) is 102 Å². The smallest absolute Gasteiger partial charge is 0.386 e. The minimum atomic E-state index is -1.29. The molecule has 0 unspecified atom stereocenters. The third-order valence-corrected chi connectivity index (χ3v) is 3.70. The van der Waals surface area contributed by atoms with Crippen LogP contribution in [0.15, 0.2) is 84.9 Å². The topological polar surface area (TPSA) is 111 Å². The third kappa shape index (κ3) is 8.84. The highest BCUT2D eigenvalue weighted by Gasteiger charge is 2.14. The molecular formula is C25H23O8-. The van der Waals surface area contributed by atoms with Gasteiger partial charge < -0.3 is 14.8 Å². The Morgan fingerprint density at radius 1 is 0.667 bits per heavy atom. The van der Waals surface area contributed by atoms with E-state index in [0.717, 1.165) is 0 Å². The first-order chi connectivity index (χ1) is 15.7. The van der Waals surface area contributed by atoms with E-state index < -0.39 is 23.5 Å². The maximum Gasteiger partial charge on any atom is 0.386 e. The molecule has 8 heteroatoms. The molecule has 0 heterocycles. The minimum Gasteiger partial charge on any atom is -0.545 e. The largest absolute Gasteiger partial charge is 0.545 e. The SMILES string of the molecule is CC(C)(C)OOc1ccccc1C(=O)[O-].O=C(OOC(=O)c1ccccc1)c1ccccc1. The van der Waals surface area contributed by atoms with Crippen LogP contribution in [-0.2, 0) is 14.7 Å². The molecule has 0 aromatic heterocycles. The van der Waals surface area contributed by atoms with Gasteiger partial charge in [-0.05, 0) is 57.2 Å². The monoisotopic (exact) mass is 451 g/mol. The van der Waals surface area contributed by atoms with Gasteiger partial charge in [-0.1, -0.05) is 48.5 Å². The lowest BCUT2D eigenvalue weighted by atomic mass is 10.2. The zero-order valence-electron chi connectivity index (χ0n) is 18.3. The Morgan fingerprint density at radius 3 is 1.52 bits per heavy atom. The van der Waals surface area contributed by atoms with Gasteiger partial charge in [-0.15, -0.1) is 0 Å². The van der Waals surface area contributed by atoms with Crippen LogP contribution in [0.5, 0.6) is 5.75 Å². The van der Waals surface area contributed by atoms with Crippen molar-refractivity contribution >= 4 is 17.9 Å². The molecule has 0 atom stereocenters. The van der Waals surface area contributed by atoms with Gasteiger partial charge in [-0.2, -0.15) is 4.89 Å². The molecule has 0 fully saturated rings. The molecule has 0 amide bonds. The van der Waals surface area contributed by atoms with Crippen molar-refractivity contribution in [2.24, 2.45) is 0 Å². The summed E-state index contributed by atoms with van der Waals surface area (Å²) in [6.45, 7) is 5.40. The summed E-state index contributed by atoms with van der Waals surface area (Å²) in [5.41, 5.74) is 0.109. The van der Waals surface area contributed by atoms with Crippen molar-refractivity contribution in [1.82, 2.24) is 0 Å². The molecule has 0 saturated heterocycles. The quantitative estimate of drug-likeness (QED) is 0.426. The van der Waals surface area contributed by atoms with Crippen LogP contribution < -0.4 is 9.99 Å². The van der Waals surface area contributed by atoms with E-state index in [1.165, 1.54) is 12.1 Å². The molecule has 8 nitrogen and oxygen atoms in total. The van der Waals surface area contributed by atoms with Crippen molar-refractivity contribution in [2.75, 3.05) is 0 Å². The molecule has 33 heavy (non-hydrogen) atoms. The van der Waals surface area contributed by atoms with Gasteiger partial charge in [-0.25, -0.2) is 19.4 Å². The van der Waals surface area contributed by atoms with E-state index in [2.05, 4.69) is 9.78 Å². The molecule has 0 spiro atoms. The Balaban J connectivity index is 0.000000238. The summed E-state index contributed by atoms with van der Waals surface area (Å²) in [7, 11) is 0. The first-order valence-corrected chi connectivity index (χ1v) is 9.87. The van der Waals surface area contributed by atoms with Gasteiger partial charge in [-0.3, -0.25) is 0 Å². The van der Waals surface area contributed by atoms with Crippen molar-refractivity contribution < 1.29 is 39.0 Å². The number of rotatable bonds is 5. The lowest BCUT2D eigenvalue weighted by Gasteiger charge is -2.19. The lowest BCUT2D eigenvalue weighted by molar-refractivity contribution is -0.277. The normalized spacial score (nSPS) is 10.3. The summed E-state index contributed by atoms with van der Waals surface area (Å²) >= 11 is 0. The molecule has 3 rings (SSSR count).